The predicted molar refractivity (Wildman–Crippen MR) is 69.2 cm³/mol. The summed E-state index contributed by atoms with van der Waals surface area (Å²) in [5.41, 5.74) is 1.49. The van der Waals surface area contributed by atoms with Crippen LogP contribution in [-0.2, 0) is 22.4 Å². The van der Waals surface area contributed by atoms with Gasteiger partial charge in [0.15, 0.2) is 0 Å². The lowest BCUT2D eigenvalue weighted by atomic mass is 9.95. The van der Waals surface area contributed by atoms with Crippen LogP contribution < -0.4 is 5.32 Å². The first kappa shape index (κ1) is 12.7. The molecule has 0 aromatic heterocycles. The largest absolute Gasteiger partial charge is 0.465 e. The normalized spacial score (nSPS) is 24.0. The molecule has 6 heteroatoms. The number of nitrogens with one attached hydrogen (secondary N) is 1. The van der Waals surface area contributed by atoms with Crippen molar-refractivity contribution in [2.24, 2.45) is 0 Å². The summed E-state index contributed by atoms with van der Waals surface area (Å²) in [5, 5.41) is 2.34. The average Bonchev–Trinajstić information content (AvgIpc) is 2.92. The first-order chi connectivity index (χ1) is 9.48. The van der Waals surface area contributed by atoms with E-state index in [-0.39, 0.29) is 11.9 Å². The van der Waals surface area contributed by atoms with E-state index in [0.29, 0.717) is 18.4 Å². The summed E-state index contributed by atoms with van der Waals surface area (Å²) < 4.78 is 4.69. The van der Waals surface area contributed by atoms with Gasteiger partial charge in [-0.25, -0.2) is 9.59 Å². The van der Waals surface area contributed by atoms with Crippen molar-refractivity contribution in [1.29, 1.82) is 0 Å². The summed E-state index contributed by atoms with van der Waals surface area (Å²) in [6, 6.07) is 4.86. The molecular formula is C14H14N2O4. The number of likely N-dealkylation sites (N-methyl/N-ethyl adjacent to an activating group) is 1. The second-order valence-corrected chi connectivity index (χ2v) is 5.18. The molecule has 1 atom stereocenters. The van der Waals surface area contributed by atoms with Crippen LogP contribution in [-0.4, -0.2) is 42.5 Å². The molecule has 0 bridgehead atoms. The van der Waals surface area contributed by atoms with Gasteiger partial charge in [-0.15, -0.1) is 0 Å². The predicted octanol–water partition coefficient (Wildman–Crippen LogP) is 0.492. The minimum atomic E-state index is -0.853. The fraction of sp³-hybridized carbons (Fsp3) is 0.357. The molecule has 3 amide bonds. The number of esters is 1. The highest BCUT2D eigenvalue weighted by Crippen LogP contribution is 2.37. The third-order valence-corrected chi connectivity index (χ3v) is 4.18. The Balaban J connectivity index is 1.98. The van der Waals surface area contributed by atoms with Crippen molar-refractivity contribution in [3.8, 4) is 0 Å². The van der Waals surface area contributed by atoms with E-state index in [2.05, 4.69) is 10.1 Å². The van der Waals surface area contributed by atoms with Crippen molar-refractivity contribution < 1.29 is 19.1 Å². The lowest BCUT2D eigenvalue weighted by Gasteiger charge is -2.27. The standard InChI is InChI=1S/C14H14N2O4/c1-16-13(19)15-12(18)14(16)6-9-4-3-8(11(17)20-2)5-10(9)7-14/h3-5H,6-7H2,1-2H3,(H,15,18,19). The molecule has 1 aromatic rings. The van der Waals surface area contributed by atoms with Gasteiger partial charge >= 0.3 is 12.0 Å². The maximum absolute atomic E-state index is 12.1. The van der Waals surface area contributed by atoms with Gasteiger partial charge in [-0.1, -0.05) is 6.07 Å². The number of benzene rings is 1. The number of nitrogens with zero attached hydrogens (tertiary/aromatic N) is 1. The van der Waals surface area contributed by atoms with Gasteiger partial charge < -0.3 is 9.64 Å². The number of amides is 3. The molecule has 1 aliphatic carbocycles. The fourth-order valence-electron chi connectivity index (χ4n) is 2.94. The van der Waals surface area contributed by atoms with Crippen LogP contribution in [0.15, 0.2) is 18.2 Å². The highest BCUT2D eigenvalue weighted by Gasteiger charge is 2.54. The molecule has 20 heavy (non-hydrogen) atoms. The van der Waals surface area contributed by atoms with Gasteiger partial charge in [0.25, 0.3) is 5.91 Å². The van der Waals surface area contributed by atoms with Gasteiger partial charge in [0, 0.05) is 19.9 Å². The molecule has 0 saturated carbocycles. The third-order valence-electron chi connectivity index (χ3n) is 4.18. The van der Waals surface area contributed by atoms with Crippen molar-refractivity contribution in [3.05, 3.63) is 34.9 Å². The highest BCUT2D eigenvalue weighted by molar-refractivity contribution is 6.07. The summed E-state index contributed by atoms with van der Waals surface area (Å²) in [6.45, 7) is 0. The smallest absolute Gasteiger partial charge is 0.337 e. The maximum Gasteiger partial charge on any atom is 0.337 e. The topological polar surface area (TPSA) is 75.7 Å². The third kappa shape index (κ3) is 1.54. The summed E-state index contributed by atoms with van der Waals surface area (Å²) >= 11 is 0. The number of hydrogen-bond donors (Lipinski definition) is 1. The van der Waals surface area contributed by atoms with E-state index >= 15 is 0 Å². The van der Waals surface area contributed by atoms with Gasteiger partial charge in [-0.2, -0.15) is 0 Å². The monoisotopic (exact) mass is 274 g/mol. The van der Waals surface area contributed by atoms with Gasteiger partial charge in [-0.05, 0) is 23.3 Å². The Morgan fingerprint density at radius 2 is 2.00 bits per heavy atom. The first-order valence-corrected chi connectivity index (χ1v) is 6.27. The Bertz CT molecular complexity index is 640. The van der Waals surface area contributed by atoms with Crippen LogP contribution in [0.25, 0.3) is 0 Å². The molecule has 1 fully saturated rings. The molecule has 1 spiro atoms. The number of methoxy groups -OCH3 is 1. The van der Waals surface area contributed by atoms with E-state index in [1.165, 1.54) is 12.0 Å². The summed E-state index contributed by atoms with van der Waals surface area (Å²) in [4.78, 5) is 36.7. The van der Waals surface area contributed by atoms with E-state index in [0.717, 1.165) is 11.1 Å². The van der Waals surface area contributed by atoms with E-state index < -0.39 is 11.5 Å². The maximum atomic E-state index is 12.1. The van der Waals surface area contributed by atoms with Gasteiger partial charge in [0.05, 0.1) is 12.7 Å². The van der Waals surface area contributed by atoms with E-state index in [9.17, 15) is 14.4 Å². The zero-order chi connectivity index (χ0) is 14.5. The average molecular weight is 274 g/mol. The number of imide groups is 1. The van der Waals surface area contributed by atoms with E-state index in [1.807, 2.05) is 6.07 Å². The van der Waals surface area contributed by atoms with Crippen molar-refractivity contribution in [1.82, 2.24) is 10.2 Å². The van der Waals surface area contributed by atoms with Gasteiger partial charge in [0.1, 0.15) is 5.54 Å². The molecular weight excluding hydrogens is 260 g/mol. The van der Waals surface area contributed by atoms with E-state index in [1.54, 1.807) is 19.2 Å². The van der Waals surface area contributed by atoms with Crippen molar-refractivity contribution >= 4 is 17.9 Å². The van der Waals surface area contributed by atoms with Gasteiger partial charge in [0.2, 0.25) is 0 Å². The molecule has 1 aliphatic heterocycles. The Morgan fingerprint density at radius 1 is 1.30 bits per heavy atom. The Kier molecular flexibility index (Phi) is 2.57. The highest BCUT2D eigenvalue weighted by atomic mass is 16.5. The quantitative estimate of drug-likeness (QED) is 0.597. The molecule has 6 nitrogen and oxygen atoms in total. The summed E-state index contributed by atoms with van der Waals surface area (Å²) in [6.07, 6.45) is 0.888. The number of carbonyl (C=O) groups excluding carboxylic acids is 3. The van der Waals surface area contributed by atoms with E-state index in [4.69, 9.17) is 0 Å². The lowest BCUT2D eigenvalue weighted by molar-refractivity contribution is -0.125. The first-order valence-electron chi connectivity index (χ1n) is 6.27. The molecule has 3 rings (SSSR count). The number of rotatable bonds is 1. The zero-order valence-corrected chi connectivity index (χ0v) is 11.2. The van der Waals surface area contributed by atoms with Crippen LogP contribution >= 0.6 is 0 Å². The van der Waals surface area contributed by atoms with Crippen molar-refractivity contribution in [2.75, 3.05) is 14.2 Å². The fourth-order valence-corrected chi connectivity index (χ4v) is 2.94. The van der Waals surface area contributed by atoms with Crippen molar-refractivity contribution in [3.63, 3.8) is 0 Å². The van der Waals surface area contributed by atoms with Crippen LogP contribution in [0.4, 0.5) is 4.79 Å². The second kappa shape index (κ2) is 4.06. The Hall–Kier alpha value is -2.37. The van der Waals surface area contributed by atoms with Crippen LogP contribution in [0, 0.1) is 0 Å². The molecule has 104 valence electrons. The number of hydrogen-bond acceptors (Lipinski definition) is 4. The van der Waals surface area contributed by atoms with Crippen LogP contribution in [0.1, 0.15) is 21.5 Å². The van der Waals surface area contributed by atoms with Crippen LogP contribution in [0.5, 0.6) is 0 Å². The number of carbonyl (C=O) groups is 3. The molecule has 1 saturated heterocycles. The lowest BCUT2D eigenvalue weighted by Crippen LogP contribution is -2.48. The van der Waals surface area contributed by atoms with Crippen molar-refractivity contribution in [2.45, 2.75) is 18.4 Å². The minimum absolute atomic E-state index is 0.277. The summed E-state index contributed by atoms with van der Waals surface area (Å²) in [7, 11) is 2.95. The molecule has 1 N–H and O–H groups in total. The Labute approximate surface area is 115 Å². The molecule has 1 heterocycles. The Morgan fingerprint density at radius 3 is 2.60 bits per heavy atom. The van der Waals surface area contributed by atoms with Crippen LogP contribution in [0.3, 0.4) is 0 Å². The van der Waals surface area contributed by atoms with Crippen LogP contribution in [0.2, 0.25) is 0 Å². The molecule has 1 unspecified atom stereocenters. The number of fused-ring (bicyclic) bond motifs is 1. The minimum Gasteiger partial charge on any atom is -0.465 e. The second-order valence-electron chi connectivity index (χ2n) is 5.18. The summed E-state index contributed by atoms with van der Waals surface area (Å²) in [5.74, 6) is -0.685. The molecule has 2 aliphatic rings. The number of ether oxygens (including phenoxy) is 1. The molecule has 1 aromatic carbocycles. The SMILES string of the molecule is COC(=O)c1ccc2c(c1)CC1(C2)C(=O)NC(=O)N1C. The number of urea groups is 1. The molecule has 0 radical (unpaired) electrons. The zero-order valence-electron chi connectivity index (χ0n) is 11.2. The van der Waals surface area contributed by atoms with Gasteiger partial charge in [-0.3, -0.25) is 10.1 Å².